The van der Waals surface area contributed by atoms with E-state index in [1.165, 1.54) is 6.20 Å². The van der Waals surface area contributed by atoms with Crippen molar-refractivity contribution < 1.29 is 0 Å². The molecule has 0 fully saturated rings. The highest BCUT2D eigenvalue weighted by Gasteiger charge is 2.04. The third-order valence-electron chi connectivity index (χ3n) is 3.54. The number of benzene rings is 2. The molecule has 0 bridgehead atoms. The van der Waals surface area contributed by atoms with Crippen molar-refractivity contribution in [3.63, 3.8) is 0 Å². The summed E-state index contributed by atoms with van der Waals surface area (Å²) < 4.78 is 1.15. The highest BCUT2D eigenvalue weighted by Crippen LogP contribution is 2.22. The second kappa shape index (κ2) is 9.73. The van der Waals surface area contributed by atoms with Crippen molar-refractivity contribution in [1.29, 1.82) is 0 Å². The number of aromatic amines is 1. The number of H-pyrrole nitrogens is 1. The number of aromatic nitrogens is 4. The third kappa shape index (κ3) is 5.34. The number of hydrogen-bond acceptors (Lipinski definition) is 4. The molecule has 5 nitrogen and oxygen atoms in total. The van der Waals surface area contributed by atoms with Gasteiger partial charge in [0.1, 0.15) is 15.5 Å². The Labute approximate surface area is 183 Å². The quantitative estimate of drug-likeness (QED) is 0.341. The molecule has 28 heavy (non-hydrogen) atoms. The van der Waals surface area contributed by atoms with Crippen LogP contribution in [0.4, 0.5) is 0 Å². The molecule has 0 spiro atoms. The molecule has 0 aliphatic carbocycles. The monoisotopic (exact) mass is 518 g/mol. The van der Waals surface area contributed by atoms with E-state index in [0.717, 1.165) is 11.1 Å². The summed E-state index contributed by atoms with van der Waals surface area (Å²) in [5.74, 6) is 1.22. The fraction of sp³-hybridized carbons (Fsp3) is 0. The summed E-state index contributed by atoms with van der Waals surface area (Å²) in [7, 11) is 0. The second-order valence-corrected chi connectivity index (χ2v) is 7.54. The van der Waals surface area contributed by atoms with Gasteiger partial charge in [-0.25, -0.2) is 15.0 Å². The van der Waals surface area contributed by atoms with Gasteiger partial charge in [0, 0.05) is 23.5 Å². The van der Waals surface area contributed by atoms with E-state index >= 15 is 0 Å². The lowest BCUT2D eigenvalue weighted by Crippen LogP contribution is -2.08. The van der Waals surface area contributed by atoms with Gasteiger partial charge in [-0.05, 0) is 31.9 Å². The Morgan fingerprint density at radius 2 is 1.36 bits per heavy atom. The van der Waals surface area contributed by atoms with Crippen LogP contribution in [0.5, 0.6) is 0 Å². The van der Waals surface area contributed by atoms with E-state index in [0.29, 0.717) is 25.7 Å². The summed E-state index contributed by atoms with van der Waals surface area (Å²) >= 11 is 12.2. The number of nitrogens with one attached hydrogen (secondary N) is 1. The van der Waals surface area contributed by atoms with Crippen LogP contribution < -0.4 is 5.56 Å². The van der Waals surface area contributed by atoms with Crippen molar-refractivity contribution in [3.8, 4) is 22.8 Å². The van der Waals surface area contributed by atoms with E-state index in [4.69, 9.17) is 11.6 Å². The molecular weight excluding hydrogens is 508 g/mol. The normalized spacial score (nSPS) is 10.1. The van der Waals surface area contributed by atoms with Gasteiger partial charge >= 0.3 is 0 Å². The van der Waals surface area contributed by atoms with Gasteiger partial charge in [0.2, 0.25) is 0 Å². The minimum Gasteiger partial charge on any atom is -0.306 e. The van der Waals surface area contributed by atoms with E-state index in [1.54, 1.807) is 6.20 Å². The molecule has 0 radical (unpaired) electrons. The predicted octanol–water partition coefficient (Wildman–Crippen LogP) is 5.76. The molecule has 140 valence electrons. The minimum absolute atomic E-state index is 0.168. The van der Waals surface area contributed by atoms with Crippen LogP contribution in [0.3, 0.4) is 0 Å². The van der Waals surface area contributed by atoms with Crippen LogP contribution in [0, 0.1) is 0 Å². The molecule has 0 saturated heterocycles. The van der Waals surface area contributed by atoms with Gasteiger partial charge in [0.15, 0.2) is 5.82 Å². The lowest BCUT2D eigenvalue weighted by Gasteiger charge is -2.00. The first-order chi connectivity index (χ1) is 13.5. The van der Waals surface area contributed by atoms with Gasteiger partial charge in [-0.15, -0.1) is 0 Å². The van der Waals surface area contributed by atoms with Crippen molar-refractivity contribution in [2.24, 2.45) is 0 Å². The largest absolute Gasteiger partial charge is 0.306 e. The predicted molar refractivity (Wildman–Crippen MR) is 118 cm³/mol. The molecule has 2 aromatic heterocycles. The van der Waals surface area contributed by atoms with Gasteiger partial charge in [0.05, 0.1) is 4.47 Å². The van der Waals surface area contributed by atoms with Crippen LogP contribution in [0.1, 0.15) is 0 Å². The third-order valence-corrected chi connectivity index (χ3v) is 5.20. The Hall–Kier alpha value is -2.35. The van der Waals surface area contributed by atoms with Crippen LogP contribution in [-0.2, 0) is 0 Å². The van der Waals surface area contributed by atoms with E-state index < -0.39 is 0 Å². The molecular formula is C20H13Br2ClN4O. The van der Waals surface area contributed by atoms with E-state index in [-0.39, 0.29) is 5.56 Å². The Morgan fingerprint density at radius 1 is 0.786 bits per heavy atom. The van der Waals surface area contributed by atoms with Gasteiger partial charge in [-0.2, -0.15) is 0 Å². The fourth-order valence-electron chi connectivity index (χ4n) is 2.19. The maximum Gasteiger partial charge on any atom is 0.265 e. The van der Waals surface area contributed by atoms with Crippen molar-refractivity contribution in [1.82, 2.24) is 19.9 Å². The van der Waals surface area contributed by atoms with Crippen molar-refractivity contribution >= 4 is 43.5 Å². The van der Waals surface area contributed by atoms with Crippen LogP contribution in [0.25, 0.3) is 22.8 Å². The first-order valence-corrected chi connectivity index (χ1v) is 10.0. The molecule has 4 aromatic rings. The zero-order valence-electron chi connectivity index (χ0n) is 14.3. The van der Waals surface area contributed by atoms with Gasteiger partial charge in [-0.1, -0.05) is 72.3 Å². The summed E-state index contributed by atoms with van der Waals surface area (Å²) in [5, 5.41) is 0.429. The smallest absolute Gasteiger partial charge is 0.265 e. The maximum atomic E-state index is 11.3. The summed E-state index contributed by atoms with van der Waals surface area (Å²) in [6.07, 6.45) is 3.15. The Kier molecular flexibility index (Phi) is 7.08. The SMILES string of the molecule is Clc1nc(-c2ccccc2)ncc1Br.O=c1[nH]c(-c2ccccc2)ncc1Br. The lowest BCUT2D eigenvalue weighted by atomic mass is 10.2. The molecule has 0 amide bonds. The average Bonchev–Trinajstić information content (AvgIpc) is 2.74. The standard InChI is InChI=1S/C10H6BrClN2.C10H7BrN2O/c11-8-6-13-10(14-9(8)12)7-4-2-1-3-5-7;11-8-6-12-9(13-10(8)14)7-4-2-1-3-5-7/h1-6H;1-6H,(H,12,13,14). The first-order valence-electron chi connectivity index (χ1n) is 8.08. The Balaban J connectivity index is 0.000000161. The summed E-state index contributed by atoms with van der Waals surface area (Å²) in [6.45, 7) is 0. The molecule has 0 unspecified atom stereocenters. The Morgan fingerprint density at radius 3 is 1.93 bits per heavy atom. The highest BCUT2D eigenvalue weighted by atomic mass is 79.9. The van der Waals surface area contributed by atoms with Crippen LogP contribution in [-0.4, -0.2) is 19.9 Å². The van der Waals surface area contributed by atoms with Gasteiger partial charge in [-0.3, -0.25) is 4.79 Å². The zero-order chi connectivity index (χ0) is 19.9. The number of nitrogens with zero attached hydrogens (tertiary/aromatic N) is 3. The van der Waals surface area contributed by atoms with Crippen LogP contribution in [0.15, 0.2) is 86.8 Å². The maximum absolute atomic E-state index is 11.3. The highest BCUT2D eigenvalue weighted by molar-refractivity contribution is 9.10. The number of halogens is 3. The molecule has 0 saturated carbocycles. The summed E-state index contributed by atoms with van der Waals surface area (Å²) in [5.41, 5.74) is 1.69. The topological polar surface area (TPSA) is 71.5 Å². The Bertz CT molecular complexity index is 1120. The van der Waals surface area contributed by atoms with E-state index in [1.807, 2.05) is 60.7 Å². The zero-order valence-corrected chi connectivity index (χ0v) is 18.2. The number of rotatable bonds is 2. The first kappa shape index (κ1) is 20.4. The average molecular weight is 521 g/mol. The molecule has 0 aliphatic heterocycles. The van der Waals surface area contributed by atoms with Crippen molar-refractivity contribution in [2.45, 2.75) is 0 Å². The van der Waals surface area contributed by atoms with Crippen molar-refractivity contribution in [3.05, 3.63) is 97.5 Å². The van der Waals surface area contributed by atoms with Crippen LogP contribution in [0.2, 0.25) is 5.15 Å². The number of hydrogen-bond donors (Lipinski definition) is 1. The van der Waals surface area contributed by atoms with Gasteiger partial charge in [0.25, 0.3) is 5.56 Å². The summed E-state index contributed by atoms with van der Waals surface area (Å²) in [4.78, 5) is 26.4. The molecule has 0 atom stereocenters. The fourth-order valence-corrected chi connectivity index (χ4v) is 2.72. The second-order valence-electron chi connectivity index (χ2n) is 5.47. The van der Waals surface area contributed by atoms with E-state index in [9.17, 15) is 4.79 Å². The molecule has 4 rings (SSSR count). The minimum atomic E-state index is -0.168. The summed E-state index contributed by atoms with van der Waals surface area (Å²) in [6, 6.07) is 19.2. The van der Waals surface area contributed by atoms with Crippen LogP contribution >= 0.6 is 43.5 Å². The molecule has 0 aliphatic rings. The van der Waals surface area contributed by atoms with E-state index in [2.05, 4.69) is 51.8 Å². The molecule has 2 aromatic carbocycles. The molecule has 8 heteroatoms. The lowest BCUT2D eigenvalue weighted by molar-refractivity contribution is 1.11. The molecule has 2 heterocycles. The van der Waals surface area contributed by atoms with Gasteiger partial charge < -0.3 is 4.98 Å². The van der Waals surface area contributed by atoms with Crippen molar-refractivity contribution in [2.75, 3.05) is 0 Å². The molecule has 1 N–H and O–H groups in total.